The van der Waals surface area contributed by atoms with Crippen molar-refractivity contribution in [2.45, 2.75) is 4.90 Å². The van der Waals surface area contributed by atoms with Crippen LogP contribution in [0.2, 0.25) is 0 Å². The van der Waals surface area contributed by atoms with E-state index in [1.54, 1.807) is 29.7 Å². The molecule has 0 radical (unpaired) electrons. The van der Waals surface area contributed by atoms with E-state index in [0.717, 1.165) is 9.87 Å². The first-order valence-corrected chi connectivity index (χ1v) is 11.3. The summed E-state index contributed by atoms with van der Waals surface area (Å²) in [6.45, 7) is 0. The summed E-state index contributed by atoms with van der Waals surface area (Å²) in [5.74, 6) is 0.0106. The molecule has 33 heavy (non-hydrogen) atoms. The van der Waals surface area contributed by atoms with Gasteiger partial charge in [0.05, 0.1) is 24.8 Å². The van der Waals surface area contributed by atoms with Crippen LogP contribution in [0, 0.1) is 0 Å². The molecule has 3 rings (SSSR count). The third-order valence-electron chi connectivity index (χ3n) is 5.00. The second kappa shape index (κ2) is 10.2. The Hall–Kier alpha value is -3.82. The van der Waals surface area contributed by atoms with E-state index in [-0.39, 0.29) is 4.90 Å². The van der Waals surface area contributed by atoms with Crippen molar-refractivity contribution in [3.05, 3.63) is 90.0 Å². The molecule has 0 heterocycles. The summed E-state index contributed by atoms with van der Waals surface area (Å²) in [6, 6.07) is 20.2. The minimum Gasteiger partial charge on any atom is -0.493 e. The van der Waals surface area contributed by atoms with Gasteiger partial charge in [0.15, 0.2) is 11.5 Å². The smallest absolute Gasteiger partial charge is 0.267 e. The van der Waals surface area contributed by atoms with Crippen LogP contribution in [-0.2, 0) is 14.8 Å². The van der Waals surface area contributed by atoms with Crippen molar-refractivity contribution in [2.75, 3.05) is 25.6 Å². The molecule has 0 aliphatic rings. The number of carbonyl (C=O) groups is 1. The monoisotopic (exact) mass is 468 g/mol. The summed E-state index contributed by atoms with van der Waals surface area (Å²) < 4.78 is 38.1. The number of hydrogen-bond acceptors (Lipinski definition) is 6. The number of nitrogens with zero attached hydrogens (tertiary/aromatic N) is 1. The van der Waals surface area contributed by atoms with E-state index < -0.39 is 15.9 Å². The molecule has 0 aliphatic heterocycles. The lowest BCUT2D eigenvalue weighted by Gasteiger charge is -2.21. The predicted molar refractivity (Wildman–Crippen MR) is 125 cm³/mol. The number of ether oxygens (including phenoxy) is 2. The zero-order valence-corrected chi connectivity index (χ0v) is 19.2. The van der Waals surface area contributed by atoms with Crippen LogP contribution in [0.4, 0.5) is 5.69 Å². The van der Waals surface area contributed by atoms with E-state index in [0.29, 0.717) is 28.3 Å². The van der Waals surface area contributed by atoms with Crippen LogP contribution in [0.1, 0.15) is 11.1 Å². The number of methoxy groups -OCH3 is 2. The quantitative estimate of drug-likeness (QED) is 0.298. The van der Waals surface area contributed by atoms with Crippen LogP contribution < -0.4 is 19.3 Å². The van der Waals surface area contributed by atoms with Crippen LogP contribution in [-0.4, -0.2) is 40.8 Å². The summed E-state index contributed by atoms with van der Waals surface area (Å²) in [6.07, 6.45) is 1.25. The lowest BCUT2D eigenvalue weighted by molar-refractivity contribution is -0.124. The standard InChI is InChI=1S/C24H24N2O6S/c1-26(33(29,30)20-12-13-22(31-2)23(15-20)32-3)19-11-7-10-18(14-19)21(16-24(27)25-28)17-8-5-4-6-9-17/h4-16,28H,1-3H3,(H,25,27). The Kier molecular flexibility index (Phi) is 7.37. The fourth-order valence-corrected chi connectivity index (χ4v) is 4.46. The molecule has 0 atom stereocenters. The summed E-state index contributed by atoms with van der Waals surface area (Å²) in [5, 5.41) is 8.98. The van der Waals surface area contributed by atoms with Crippen LogP contribution in [0.3, 0.4) is 0 Å². The van der Waals surface area contributed by atoms with Crippen molar-refractivity contribution in [3.8, 4) is 11.5 Å². The van der Waals surface area contributed by atoms with Crippen molar-refractivity contribution in [1.82, 2.24) is 5.48 Å². The first-order valence-electron chi connectivity index (χ1n) is 9.84. The zero-order chi connectivity index (χ0) is 24.0. The number of rotatable bonds is 8. The van der Waals surface area contributed by atoms with Crippen molar-refractivity contribution in [3.63, 3.8) is 0 Å². The van der Waals surface area contributed by atoms with Crippen LogP contribution >= 0.6 is 0 Å². The fourth-order valence-electron chi connectivity index (χ4n) is 3.26. The molecule has 0 fully saturated rings. The highest BCUT2D eigenvalue weighted by molar-refractivity contribution is 7.92. The number of carbonyl (C=O) groups excluding carboxylic acids is 1. The Morgan fingerprint density at radius 3 is 2.21 bits per heavy atom. The summed E-state index contributed by atoms with van der Waals surface area (Å²) in [5.41, 5.74) is 3.81. The molecule has 0 aromatic heterocycles. The molecule has 0 bridgehead atoms. The van der Waals surface area contributed by atoms with Gasteiger partial charge in [0.2, 0.25) is 0 Å². The Labute approximate surface area is 192 Å². The highest BCUT2D eigenvalue weighted by Crippen LogP contribution is 2.33. The molecule has 8 nitrogen and oxygen atoms in total. The predicted octanol–water partition coefficient (Wildman–Crippen LogP) is 3.47. The van der Waals surface area contributed by atoms with E-state index >= 15 is 0 Å². The zero-order valence-electron chi connectivity index (χ0n) is 18.3. The number of nitrogens with one attached hydrogen (secondary N) is 1. The molecule has 3 aromatic rings. The van der Waals surface area contributed by atoms with Crippen molar-refractivity contribution in [2.24, 2.45) is 0 Å². The number of benzene rings is 3. The maximum Gasteiger partial charge on any atom is 0.267 e. The first kappa shape index (κ1) is 23.8. The van der Waals surface area contributed by atoms with Gasteiger partial charge in [-0.25, -0.2) is 13.9 Å². The molecule has 2 N–H and O–H groups in total. The molecule has 0 saturated carbocycles. The summed E-state index contributed by atoms with van der Waals surface area (Å²) in [7, 11) is 0.419. The molecule has 172 valence electrons. The number of hydroxylamine groups is 1. The Morgan fingerprint density at radius 2 is 1.58 bits per heavy atom. The average molecular weight is 469 g/mol. The van der Waals surface area contributed by atoms with Gasteiger partial charge in [-0.15, -0.1) is 0 Å². The molecular weight excluding hydrogens is 444 g/mol. The van der Waals surface area contributed by atoms with Gasteiger partial charge < -0.3 is 9.47 Å². The minimum absolute atomic E-state index is 0.0338. The minimum atomic E-state index is -3.93. The van der Waals surface area contributed by atoms with Crippen LogP contribution in [0.25, 0.3) is 5.57 Å². The third kappa shape index (κ3) is 5.16. The van der Waals surface area contributed by atoms with Crippen molar-refractivity contribution >= 4 is 27.2 Å². The topological polar surface area (TPSA) is 105 Å². The first-order chi connectivity index (χ1) is 15.8. The van der Waals surface area contributed by atoms with Gasteiger partial charge in [-0.2, -0.15) is 0 Å². The largest absolute Gasteiger partial charge is 0.493 e. The molecule has 0 unspecified atom stereocenters. The van der Waals surface area contributed by atoms with E-state index in [9.17, 15) is 13.2 Å². The highest BCUT2D eigenvalue weighted by atomic mass is 32.2. The second-order valence-electron chi connectivity index (χ2n) is 6.94. The summed E-state index contributed by atoms with van der Waals surface area (Å²) in [4.78, 5) is 11.9. The van der Waals surface area contributed by atoms with Gasteiger partial charge in [0.25, 0.3) is 15.9 Å². The van der Waals surface area contributed by atoms with Gasteiger partial charge in [-0.1, -0.05) is 42.5 Å². The van der Waals surface area contributed by atoms with Crippen molar-refractivity contribution in [1.29, 1.82) is 0 Å². The van der Waals surface area contributed by atoms with Gasteiger partial charge in [0, 0.05) is 19.2 Å². The maximum absolute atomic E-state index is 13.3. The number of hydrogen-bond donors (Lipinski definition) is 2. The second-order valence-corrected chi connectivity index (χ2v) is 8.91. The molecule has 1 amide bonds. The molecular formula is C24H24N2O6S. The molecule has 0 saturated heterocycles. The van der Waals surface area contributed by atoms with E-state index in [1.165, 1.54) is 45.5 Å². The Balaban J connectivity index is 2.05. The van der Waals surface area contributed by atoms with Crippen LogP contribution in [0.5, 0.6) is 11.5 Å². The van der Waals surface area contributed by atoms with Gasteiger partial charge >= 0.3 is 0 Å². The van der Waals surface area contributed by atoms with Crippen LogP contribution in [0.15, 0.2) is 83.8 Å². The van der Waals surface area contributed by atoms with Gasteiger partial charge in [0.1, 0.15) is 0 Å². The lowest BCUT2D eigenvalue weighted by Crippen LogP contribution is -2.26. The van der Waals surface area contributed by atoms with E-state index in [4.69, 9.17) is 14.7 Å². The van der Waals surface area contributed by atoms with Gasteiger partial charge in [-0.3, -0.25) is 14.3 Å². The van der Waals surface area contributed by atoms with Crippen molar-refractivity contribution < 1.29 is 27.9 Å². The third-order valence-corrected chi connectivity index (χ3v) is 6.79. The Morgan fingerprint density at radius 1 is 0.909 bits per heavy atom. The normalized spacial score (nSPS) is 11.6. The lowest BCUT2D eigenvalue weighted by atomic mass is 9.97. The molecule has 0 aliphatic carbocycles. The molecule has 0 spiro atoms. The number of sulfonamides is 1. The van der Waals surface area contributed by atoms with E-state index in [2.05, 4.69) is 0 Å². The van der Waals surface area contributed by atoms with E-state index in [1.807, 2.05) is 30.3 Å². The average Bonchev–Trinajstić information content (AvgIpc) is 2.86. The SMILES string of the molecule is COc1ccc(S(=O)(=O)N(C)c2cccc(C(=CC(=O)NO)c3ccccc3)c2)cc1OC. The summed E-state index contributed by atoms with van der Waals surface area (Å²) >= 11 is 0. The highest BCUT2D eigenvalue weighted by Gasteiger charge is 2.23. The maximum atomic E-state index is 13.3. The number of anilines is 1. The molecule has 9 heteroatoms. The Bertz CT molecular complexity index is 1270. The number of amides is 1. The van der Waals surface area contributed by atoms with Gasteiger partial charge in [-0.05, 0) is 41.0 Å². The molecule has 3 aromatic carbocycles. The fraction of sp³-hybridized carbons (Fsp3) is 0.125.